The van der Waals surface area contributed by atoms with Gasteiger partial charge < -0.3 is 5.32 Å². The first kappa shape index (κ1) is 19.1. The smallest absolute Gasteiger partial charge is 0.214 e. The second kappa shape index (κ2) is 7.92. The summed E-state index contributed by atoms with van der Waals surface area (Å²) in [6.45, 7) is 6.37. The van der Waals surface area contributed by atoms with Gasteiger partial charge in [0.2, 0.25) is 10.0 Å². The van der Waals surface area contributed by atoms with Crippen LogP contribution in [0.3, 0.4) is 0 Å². The summed E-state index contributed by atoms with van der Waals surface area (Å²) >= 11 is 0. The number of para-hydroxylation sites is 1. The van der Waals surface area contributed by atoms with E-state index in [0.29, 0.717) is 5.92 Å². The lowest BCUT2D eigenvalue weighted by Gasteiger charge is -2.30. The van der Waals surface area contributed by atoms with Crippen molar-refractivity contribution in [1.29, 1.82) is 0 Å². The molecule has 1 aliphatic rings. The summed E-state index contributed by atoms with van der Waals surface area (Å²) in [6.07, 6.45) is 3.91. The number of pyridine rings is 1. The molecule has 0 saturated heterocycles. The van der Waals surface area contributed by atoms with E-state index in [1.165, 1.54) is 0 Å². The van der Waals surface area contributed by atoms with E-state index in [1.807, 2.05) is 25.1 Å². The van der Waals surface area contributed by atoms with Crippen molar-refractivity contribution in [2.45, 2.75) is 57.7 Å². The highest BCUT2D eigenvalue weighted by molar-refractivity contribution is 7.90. The molecule has 1 fully saturated rings. The number of anilines is 1. The number of benzene rings is 1. The Labute approximate surface area is 156 Å². The van der Waals surface area contributed by atoms with E-state index in [-0.39, 0.29) is 11.3 Å². The number of aryl methyl sites for hydroxylation is 1. The summed E-state index contributed by atoms with van der Waals surface area (Å²) in [6, 6.07) is 10.4. The van der Waals surface area contributed by atoms with E-state index < -0.39 is 10.0 Å². The van der Waals surface area contributed by atoms with Crippen molar-refractivity contribution in [3.63, 3.8) is 0 Å². The van der Waals surface area contributed by atoms with Crippen LogP contribution in [0.5, 0.6) is 0 Å². The maximum Gasteiger partial charge on any atom is 0.214 e. The molecule has 142 valence electrons. The molecule has 5 nitrogen and oxygen atoms in total. The van der Waals surface area contributed by atoms with Crippen LogP contribution in [-0.4, -0.2) is 31.2 Å². The number of hydrogen-bond acceptors (Lipinski definition) is 4. The third-order valence-corrected chi connectivity index (χ3v) is 7.13. The zero-order valence-corrected chi connectivity index (χ0v) is 16.6. The molecule has 1 aromatic carbocycles. The van der Waals surface area contributed by atoms with Crippen LogP contribution >= 0.6 is 0 Å². The predicted octanol–water partition coefficient (Wildman–Crippen LogP) is 3.84. The molecule has 0 unspecified atom stereocenters. The van der Waals surface area contributed by atoms with E-state index in [0.717, 1.165) is 54.5 Å². The lowest BCUT2D eigenvalue weighted by molar-refractivity contribution is 0.323. The fourth-order valence-electron chi connectivity index (χ4n) is 3.56. The van der Waals surface area contributed by atoms with E-state index in [1.54, 1.807) is 13.8 Å². The maximum absolute atomic E-state index is 12.0. The molecule has 0 atom stereocenters. The molecular weight excluding hydrogens is 346 g/mol. The Morgan fingerprint density at radius 1 is 1.15 bits per heavy atom. The Hall–Kier alpha value is -1.66. The van der Waals surface area contributed by atoms with Crippen LogP contribution in [-0.2, 0) is 10.0 Å². The van der Waals surface area contributed by atoms with Crippen molar-refractivity contribution in [1.82, 2.24) is 9.71 Å². The average Bonchev–Trinajstić information content (AvgIpc) is 2.60. The van der Waals surface area contributed by atoms with Crippen LogP contribution in [0.15, 0.2) is 30.3 Å². The summed E-state index contributed by atoms with van der Waals surface area (Å²) in [5.41, 5.74) is 3.16. The van der Waals surface area contributed by atoms with Gasteiger partial charge in [0, 0.05) is 29.4 Å². The standard InChI is InChI=1S/C20H29N3O2S/c1-14(2)26(24,25)23-17-10-8-16(9-11-17)13-21-20-12-15(3)22-19-7-5-4-6-18(19)20/h4-7,12,14,16-17,23H,8-11,13H2,1-3H3,(H,21,22). The number of fused-ring (bicyclic) bond motifs is 1. The normalized spacial score (nSPS) is 21.2. The van der Waals surface area contributed by atoms with Crippen LogP contribution < -0.4 is 10.0 Å². The highest BCUT2D eigenvalue weighted by Gasteiger charge is 2.26. The van der Waals surface area contributed by atoms with Crippen molar-refractivity contribution in [2.75, 3.05) is 11.9 Å². The fraction of sp³-hybridized carbons (Fsp3) is 0.550. The number of nitrogens with zero attached hydrogens (tertiary/aromatic N) is 1. The van der Waals surface area contributed by atoms with Gasteiger partial charge in [-0.05, 0) is 64.5 Å². The molecule has 0 spiro atoms. The summed E-state index contributed by atoms with van der Waals surface area (Å²) in [7, 11) is -3.17. The molecule has 2 N–H and O–H groups in total. The SMILES string of the molecule is Cc1cc(NCC2CCC(NS(=O)(=O)C(C)C)CC2)c2ccccc2n1. The van der Waals surface area contributed by atoms with Gasteiger partial charge in [-0.2, -0.15) is 0 Å². The Morgan fingerprint density at radius 3 is 2.54 bits per heavy atom. The zero-order valence-electron chi connectivity index (χ0n) is 15.8. The van der Waals surface area contributed by atoms with Crippen LogP contribution in [0.2, 0.25) is 0 Å². The lowest BCUT2D eigenvalue weighted by atomic mass is 9.86. The molecule has 3 rings (SSSR count). The van der Waals surface area contributed by atoms with Gasteiger partial charge in [0.05, 0.1) is 10.8 Å². The molecule has 0 radical (unpaired) electrons. The van der Waals surface area contributed by atoms with E-state index in [2.05, 4.69) is 27.2 Å². The van der Waals surface area contributed by atoms with Gasteiger partial charge in [0.25, 0.3) is 0 Å². The Morgan fingerprint density at radius 2 is 1.85 bits per heavy atom. The molecule has 1 aromatic heterocycles. The van der Waals surface area contributed by atoms with Gasteiger partial charge in [0.15, 0.2) is 0 Å². The van der Waals surface area contributed by atoms with Gasteiger partial charge >= 0.3 is 0 Å². The first-order chi connectivity index (χ1) is 12.3. The Kier molecular flexibility index (Phi) is 5.82. The first-order valence-corrected chi connectivity index (χ1v) is 11.0. The summed E-state index contributed by atoms with van der Waals surface area (Å²) < 4.78 is 26.9. The molecule has 6 heteroatoms. The minimum absolute atomic E-state index is 0.0858. The maximum atomic E-state index is 12.0. The van der Waals surface area contributed by atoms with Gasteiger partial charge in [0.1, 0.15) is 0 Å². The van der Waals surface area contributed by atoms with Gasteiger partial charge in [-0.25, -0.2) is 13.1 Å². The van der Waals surface area contributed by atoms with Crippen LogP contribution in [0, 0.1) is 12.8 Å². The largest absolute Gasteiger partial charge is 0.384 e. The fourth-order valence-corrected chi connectivity index (χ4v) is 4.53. The topological polar surface area (TPSA) is 71.1 Å². The van der Waals surface area contributed by atoms with E-state index >= 15 is 0 Å². The quantitative estimate of drug-likeness (QED) is 0.805. The van der Waals surface area contributed by atoms with Crippen molar-refractivity contribution in [3.05, 3.63) is 36.0 Å². The third-order valence-electron chi connectivity index (χ3n) is 5.22. The van der Waals surface area contributed by atoms with Crippen LogP contribution in [0.4, 0.5) is 5.69 Å². The number of hydrogen-bond donors (Lipinski definition) is 2. The van der Waals surface area contributed by atoms with Crippen LogP contribution in [0.25, 0.3) is 10.9 Å². The molecule has 1 saturated carbocycles. The second-order valence-electron chi connectivity index (χ2n) is 7.64. The minimum Gasteiger partial charge on any atom is -0.384 e. The monoisotopic (exact) mass is 375 g/mol. The highest BCUT2D eigenvalue weighted by atomic mass is 32.2. The molecule has 1 heterocycles. The third kappa shape index (κ3) is 4.54. The van der Waals surface area contributed by atoms with Crippen molar-refractivity contribution in [3.8, 4) is 0 Å². The molecule has 0 bridgehead atoms. The molecule has 26 heavy (non-hydrogen) atoms. The van der Waals surface area contributed by atoms with Gasteiger partial charge in [-0.3, -0.25) is 4.98 Å². The lowest BCUT2D eigenvalue weighted by Crippen LogP contribution is -2.41. The number of aromatic nitrogens is 1. The molecule has 0 aliphatic heterocycles. The second-order valence-corrected chi connectivity index (χ2v) is 9.91. The van der Waals surface area contributed by atoms with Gasteiger partial charge in [-0.15, -0.1) is 0 Å². The molecular formula is C20H29N3O2S. The molecule has 1 aliphatic carbocycles. The number of nitrogens with one attached hydrogen (secondary N) is 2. The molecule has 2 aromatic rings. The van der Waals surface area contributed by atoms with E-state index in [4.69, 9.17) is 0 Å². The molecule has 0 amide bonds. The highest BCUT2D eigenvalue weighted by Crippen LogP contribution is 2.27. The Balaban J connectivity index is 1.56. The summed E-state index contributed by atoms with van der Waals surface area (Å²) in [5.74, 6) is 0.571. The minimum atomic E-state index is -3.17. The van der Waals surface area contributed by atoms with Crippen LogP contribution in [0.1, 0.15) is 45.2 Å². The first-order valence-electron chi connectivity index (χ1n) is 9.46. The number of rotatable bonds is 6. The zero-order chi connectivity index (χ0) is 18.7. The van der Waals surface area contributed by atoms with Crippen molar-refractivity contribution < 1.29 is 8.42 Å². The summed E-state index contributed by atoms with van der Waals surface area (Å²) in [5, 5.41) is 4.38. The number of sulfonamides is 1. The van der Waals surface area contributed by atoms with Crippen molar-refractivity contribution >= 4 is 26.6 Å². The Bertz CT molecular complexity index is 856. The van der Waals surface area contributed by atoms with Gasteiger partial charge in [-0.1, -0.05) is 18.2 Å². The predicted molar refractivity (Wildman–Crippen MR) is 108 cm³/mol. The van der Waals surface area contributed by atoms with E-state index in [9.17, 15) is 8.42 Å². The van der Waals surface area contributed by atoms with Crippen molar-refractivity contribution in [2.24, 2.45) is 5.92 Å². The summed E-state index contributed by atoms with van der Waals surface area (Å²) in [4.78, 5) is 4.58. The average molecular weight is 376 g/mol.